The molecule has 3 aromatic rings. The lowest BCUT2D eigenvalue weighted by atomic mass is 9.88. The highest BCUT2D eigenvalue weighted by molar-refractivity contribution is 7.16. The van der Waals surface area contributed by atoms with Gasteiger partial charge in [-0.15, -0.1) is 11.3 Å². The standard InChI is InChI=1S/C23H23N5O4S/c24-12-19-18-3-1-17(14-32-23(30)26-7-9-28-8-6-25-15-28)11-20(18)33-22(19)27-21(29)4-2-16-5-10-31-13-16/h2,4-6,8,10,13,15,17H,1,3,7,9,11,14H2,(H,26,30)(H,27,29)/b4-2+. The van der Waals surface area contributed by atoms with E-state index in [0.29, 0.717) is 43.1 Å². The number of carbonyl (C=O) groups excluding carboxylic acids is 2. The fourth-order valence-electron chi connectivity index (χ4n) is 3.65. The van der Waals surface area contributed by atoms with Gasteiger partial charge in [0.2, 0.25) is 5.91 Å². The number of nitriles is 1. The Labute approximate surface area is 194 Å². The molecule has 0 saturated carbocycles. The van der Waals surface area contributed by atoms with Gasteiger partial charge in [-0.05, 0) is 42.9 Å². The number of hydrogen-bond donors (Lipinski definition) is 2. The van der Waals surface area contributed by atoms with Gasteiger partial charge >= 0.3 is 6.09 Å². The molecule has 2 amide bonds. The Hall–Kier alpha value is -3.84. The lowest BCUT2D eigenvalue weighted by molar-refractivity contribution is -0.111. The Morgan fingerprint density at radius 2 is 2.36 bits per heavy atom. The molecule has 0 aliphatic heterocycles. The molecule has 0 saturated heterocycles. The van der Waals surface area contributed by atoms with Crippen molar-refractivity contribution < 1.29 is 18.7 Å². The van der Waals surface area contributed by atoms with Crippen LogP contribution in [0.1, 0.15) is 28.0 Å². The number of fused-ring (bicyclic) bond motifs is 1. The molecule has 0 radical (unpaired) electrons. The topological polar surface area (TPSA) is 122 Å². The second-order valence-corrected chi connectivity index (χ2v) is 8.74. The Kier molecular flexibility index (Phi) is 7.22. The molecular formula is C23H23N5O4S. The SMILES string of the molecule is N#Cc1c(NC(=O)/C=C/c2ccoc2)sc2c1CCC(COC(=O)NCCn1ccnc1)C2. The van der Waals surface area contributed by atoms with Crippen LogP contribution in [0.25, 0.3) is 6.08 Å². The van der Waals surface area contributed by atoms with E-state index >= 15 is 0 Å². The van der Waals surface area contributed by atoms with E-state index in [1.807, 2.05) is 10.8 Å². The number of nitrogens with one attached hydrogen (secondary N) is 2. The molecule has 1 aliphatic carbocycles. The molecule has 170 valence electrons. The van der Waals surface area contributed by atoms with Crippen molar-refractivity contribution in [1.29, 1.82) is 5.26 Å². The van der Waals surface area contributed by atoms with Gasteiger partial charge in [-0.2, -0.15) is 5.26 Å². The summed E-state index contributed by atoms with van der Waals surface area (Å²) in [6, 6.07) is 3.98. The molecule has 9 nitrogen and oxygen atoms in total. The van der Waals surface area contributed by atoms with Crippen molar-refractivity contribution in [2.75, 3.05) is 18.5 Å². The summed E-state index contributed by atoms with van der Waals surface area (Å²) >= 11 is 1.42. The minimum atomic E-state index is -0.442. The van der Waals surface area contributed by atoms with Crippen LogP contribution in [0, 0.1) is 17.2 Å². The van der Waals surface area contributed by atoms with Gasteiger partial charge in [0.15, 0.2) is 0 Å². The molecule has 0 aromatic carbocycles. The fraction of sp³-hybridized carbons (Fsp3) is 0.304. The van der Waals surface area contributed by atoms with Crippen LogP contribution in [0.3, 0.4) is 0 Å². The zero-order valence-electron chi connectivity index (χ0n) is 17.8. The van der Waals surface area contributed by atoms with Crippen molar-refractivity contribution in [3.8, 4) is 6.07 Å². The van der Waals surface area contributed by atoms with E-state index in [1.165, 1.54) is 29.9 Å². The van der Waals surface area contributed by atoms with E-state index in [9.17, 15) is 14.9 Å². The number of rotatable bonds is 8. The van der Waals surface area contributed by atoms with Crippen LogP contribution in [0.4, 0.5) is 9.80 Å². The number of amides is 2. The van der Waals surface area contributed by atoms with Gasteiger partial charge in [-0.3, -0.25) is 4.79 Å². The first-order valence-corrected chi connectivity index (χ1v) is 11.4. The second-order valence-electron chi connectivity index (χ2n) is 7.63. The van der Waals surface area contributed by atoms with E-state index in [2.05, 4.69) is 21.7 Å². The zero-order chi connectivity index (χ0) is 23.0. The minimum Gasteiger partial charge on any atom is -0.472 e. The Morgan fingerprint density at radius 3 is 3.12 bits per heavy atom. The second kappa shape index (κ2) is 10.7. The van der Waals surface area contributed by atoms with Crippen molar-refractivity contribution in [2.24, 2.45) is 5.92 Å². The molecular weight excluding hydrogens is 442 g/mol. The molecule has 3 heterocycles. The van der Waals surface area contributed by atoms with Crippen LogP contribution in [0.15, 0.2) is 47.8 Å². The van der Waals surface area contributed by atoms with Crippen molar-refractivity contribution in [1.82, 2.24) is 14.9 Å². The molecule has 2 N–H and O–H groups in total. The summed E-state index contributed by atoms with van der Waals surface area (Å²) in [5.41, 5.74) is 2.29. The molecule has 0 bridgehead atoms. The quantitative estimate of drug-likeness (QED) is 0.490. The van der Waals surface area contributed by atoms with E-state index < -0.39 is 6.09 Å². The van der Waals surface area contributed by atoms with Crippen LogP contribution in [-0.4, -0.2) is 34.7 Å². The Bertz CT molecular complexity index is 1160. The number of anilines is 1. The minimum absolute atomic E-state index is 0.173. The largest absolute Gasteiger partial charge is 0.472 e. The van der Waals surface area contributed by atoms with Gasteiger partial charge < -0.3 is 24.4 Å². The molecule has 0 spiro atoms. The maximum atomic E-state index is 12.3. The Morgan fingerprint density at radius 1 is 1.45 bits per heavy atom. The van der Waals surface area contributed by atoms with Gasteiger partial charge in [-0.25, -0.2) is 9.78 Å². The number of ether oxygens (including phenoxy) is 1. The van der Waals surface area contributed by atoms with Crippen molar-refractivity contribution in [3.05, 3.63) is 65.0 Å². The number of carbonyl (C=O) groups is 2. The van der Waals surface area contributed by atoms with Crippen molar-refractivity contribution in [2.45, 2.75) is 25.8 Å². The smallest absolute Gasteiger partial charge is 0.407 e. The van der Waals surface area contributed by atoms with Gasteiger partial charge in [0.05, 0.1) is 31.0 Å². The average molecular weight is 466 g/mol. The summed E-state index contributed by atoms with van der Waals surface area (Å²) in [5.74, 6) is -0.134. The highest BCUT2D eigenvalue weighted by Gasteiger charge is 2.27. The first-order valence-electron chi connectivity index (χ1n) is 10.5. The number of aromatic nitrogens is 2. The average Bonchev–Trinajstić information content (AvgIpc) is 3.57. The van der Waals surface area contributed by atoms with Gasteiger partial charge in [-0.1, -0.05) is 0 Å². The van der Waals surface area contributed by atoms with Crippen LogP contribution in [-0.2, 0) is 28.9 Å². The highest BCUT2D eigenvalue weighted by atomic mass is 32.1. The lowest BCUT2D eigenvalue weighted by Gasteiger charge is -2.21. The normalized spacial score (nSPS) is 15.1. The third-order valence-corrected chi connectivity index (χ3v) is 6.50. The molecule has 1 atom stereocenters. The van der Waals surface area contributed by atoms with Crippen LogP contribution >= 0.6 is 11.3 Å². The number of nitrogens with zero attached hydrogens (tertiary/aromatic N) is 3. The molecule has 3 aromatic heterocycles. The van der Waals surface area contributed by atoms with E-state index in [-0.39, 0.29) is 11.8 Å². The van der Waals surface area contributed by atoms with Crippen molar-refractivity contribution in [3.63, 3.8) is 0 Å². The lowest BCUT2D eigenvalue weighted by Crippen LogP contribution is -2.30. The molecule has 4 rings (SSSR count). The summed E-state index contributed by atoms with van der Waals surface area (Å²) in [6.07, 6.45) is 13.1. The van der Waals surface area contributed by atoms with Crippen molar-refractivity contribution >= 4 is 34.4 Å². The van der Waals surface area contributed by atoms with Gasteiger partial charge in [0.1, 0.15) is 11.1 Å². The first-order chi connectivity index (χ1) is 16.1. The Balaban J connectivity index is 1.28. The summed E-state index contributed by atoms with van der Waals surface area (Å²) in [4.78, 5) is 29.3. The van der Waals surface area contributed by atoms with E-state index in [1.54, 1.807) is 24.7 Å². The predicted octanol–water partition coefficient (Wildman–Crippen LogP) is 3.59. The van der Waals surface area contributed by atoms with Crippen LogP contribution in [0.5, 0.6) is 0 Å². The highest BCUT2D eigenvalue weighted by Crippen LogP contribution is 2.39. The number of imidazole rings is 1. The number of hydrogen-bond acceptors (Lipinski definition) is 7. The maximum absolute atomic E-state index is 12.3. The summed E-state index contributed by atoms with van der Waals surface area (Å²) in [5, 5.41) is 15.8. The predicted molar refractivity (Wildman–Crippen MR) is 122 cm³/mol. The van der Waals surface area contributed by atoms with Crippen LogP contribution in [0.2, 0.25) is 0 Å². The third kappa shape index (κ3) is 5.90. The van der Waals surface area contributed by atoms with Gasteiger partial charge in [0.25, 0.3) is 0 Å². The number of furan rings is 1. The third-order valence-electron chi connectivity index (χ3n) is 5.33. The summed E-state index contributed by atoms with van der Waals surface area (Å²) in [7, 11) is 0. The molecule has 1 unspecified atom stereocenters. The molecule has 10 heteroatoms. The fourth-order valence-corrected chi connectivity index (χ4v) is 4.96. The molecule has 1 aliphatic rings. The first kappa shape index (κ1) is 22.4. The summed E-state index contributed by atoms with van der Waals surface area (Å²) < 4.78 is 12.2. The monoisotopic (exact) mass is 465 g/mol. The van der Waals surface area contributed by atoms with E-state index in [4.69, 9.17) is 9.15 Å². The van der Waals surface area contributed by atoms with Gasteiger partial charge in [0, 0.05) is 42.0 Å². The summed E-state index contributed by atoms with van der Waals surface area (Å²) in [6.45, 7) is 1.39. The number of alkyl carbamates (subject to hydrolysis) is 1. The molecule has 0 fully saturated rings. The van der Waals surface area contributed by atoms with E-state index in [0.717, 1.165) is 22.4 Å². The van der Waals surface area contributed by atoms with Crippen LogP contribution < -0.4 is 10.6 Å². The number of thiophene rings is 1. The molecule has 33 heavy (non-hydrogen) atoms. The zero-order valence-corrected chi connectivity index (χ0v) is 18.6. The maximum Gasteiger partial charge on any atom is 0.407 e.